The molecule has 0 aliphatic carbocycles. The fourth-order valence-corrected chi connectivity index (χ4v) is 2.66. The minimum Gasteiger partial charge on any atom is -0.366 e. The number of rotatable bonds is 5. The quantitative estimate of drug-likeness (QED) is 0.440. The summed E-state index contributed by atoms with van der Waals surface area (Å²) < 4.78 is 1.45. The van der Waals surface area contributed by atoms with Gasteiger partial charge in [0.2, 0.25) is 5.65 Å². The van der Waals surface area contributed by atoms with Gasteiger partial charge < -0.3 is 5.32 Å². The molecule has 1 N–H and O–H groups in total. The molecule has 0 bridgehead atoms. The van der Waals surface area contributed by atoms with Crippen LogP contribution in [-0.2, 0) is 6.54 Å². The number of hydrogen-bond donors (Lipinski definition) is 1. The number of hydrogen-bond acceptors (Lipinski definition) is 6. The molecule has 0 fully saturated rings. The average molecular weight is 346 g/mol. The molecule has 8 nitrogen and oxygen atoms in total. The van der Waals surface area contributed by atoms with Gasteiger partial charge >= 0.3 is 5.69 Å². The first-order valence-electron chi connectivity index (χ1n) is 7.94. The Morgan fingerprint density at radius 1 is 1.12 bits per heavy atom. The largest absolute Gasteiger partial charge is 0.366 e. The molecule has 0 unspecified atom stereocenters. The first-order valence-corrected chi connectivity index (χ1v) is 7.94. The lowest BCUT2D eigenvalue weighted by atomic mass is 10.1. The van der Waals surface area contributed by atoms with E-state index in [9.17, 15) is 10.1 Å². The second kappa shape index (κ2) is 6.60. The summed E-state index contributed by atoms with van der Waals surface area (Å²) in [6.45, 7) is 0.509. The van der Waals surface area contributed by atoms with Gasteiger partial charge in [0.05, 0.1) is 10.6 Å². The molecule has 3 heterocycles. The summed E-state index contributed by atoms with van der Waals surface area (Å²) in [5.41, 5.74) is 2.56. The zero-order valence-corrected chi connectivity index (χ0v) is 13.6. The van der Waals surface area contributed by atoms with Crippen LogP contribution >= 0.6 is 0 Å². The molecular formula is C18H14N6O2. The van der Waals surface area contributed by atoms with Gasteiger partial charge in [0, 0.05) is 30.6 Å². The van der Waals surface area contributed by atoms with Gasteiger partial charge in [-0.3, -0.25) is 15.1 Å². The van der Waals surface area contributed by atoms with Crippen LogP contribution in [0.5, 0.6) is 0 Å². The van der Waals surface area contributed by atoms with Crippen molar-refractivity contribution in [3.05, 3.63) is 82.8 Å². The van der Waals surface area contributed by atoms with Crippen LogP contribution in [0.2, 0.25) is 0 Å². The summed E-state index contributed by atoms with van der Waals surface area (Å²) in [5, 5.41) is 18.7. The molecule has 3 aromatic heterocycles. The second-order valence-corrected chi connectivity index (χ2v) is 5.63. The fourth-order valence-electron chi connectivity index (χ4n) is 2.66. The first kappa shape index (κ1) is 15.7. The maximum Gasteiger partial charge on any atom is 0.333 e. The lowest BCUT2D eigenvalue weighted by molar-refractivity contribution is -0.383. The number of aromatic nitrogens is 4. The standard InChI is InChI=1S/C18H14N6O2/c25-24(26)16-12-21-23-17(20-11-13-5-4-8-19-10-13)9-15(22-18(16)23)14-6-2-1-3-7-14/h1-10,12,20H,11H2. The van der Waals surface area contributed by atoms with E-state index < -0.39 is 4.92 Å². The van der Waals surface area contributed by atoms with Crippen LogP contribution in [0.25, 0.3) is 16.9 Å². The third-order valence-corrected chi connectivity index (χ3v) is 3.92. The monoisotopic (exact) mass is 346 g/mol. The predicted molar refractivity (Wildman–Crippen MR) is 96.6 cm³/mol. The van der Waals surface area contributed by atoms with Gasteiger partial charge in [0.15, 0.2) is 0 Å². The van der Waals surface area contributed by atoms with E-state index in [0.29, 0.717) is 18.1 Å². The van der Waals surface area contributed by atoms with Gasteiger partial charge in [-0.15, -0.1) is 0 Å². The van der Waals surface area contributed by atoms with Gasteiger partial charge in [-0.2, -0.15) is 9.61 Å². The van der Waals surface area contributed by atoms with Crippen molar-refractivity contribution in [1.82, 2.24) is 19.6 Å². The highest BCUT2D eigenvalue weighted by Crippen LogP contribution is 2.26. The summed E-state index contributed by atoms with van der Waals surface area (Å²) in [5.74, 6) is 0.616. The zero-order valence-electron chi connectivity index (χ0n) is 13.6. The molecular weight excluding hydrogens is 332 g/mol. The number of nitrogens with one attached hydrogen (secondary N) is 1. The summed E-state index contributed by atoms with van der Waals surface area (Å²) in [6.07, 6.45) is 4.68. The number of benzene rings is 1. The summed E-state index contributed by atoms with van der Waals surface area (Å²) >= 11 is 0. The van der Waals surface area contributed by atoms with E-state index >= 15 is 0 Å². The van der Waals surface area contributed by atoms with Crippen molar-refractivity contribution < 1.29 is 4.92 Å². The van der Waals surface area contributed by atoms with E-state index in [2.05, 4.69) is 20.4 Å². The van der Waals surface area contributed by atoms with Crippen LogP contribution in [-0.4, -0.2) is 24.5 Å². The lowest BCUT2D eigenvalue weighted by Gasteiger charge is -2.10. The Morgan fingerprint density at radius 2 is 1.96 bits per heavy atom. The molecule has 0 amide bonds. The smallest absolute Gasteiger partial charge is 0.333 e. The third-order valence-electron chi connectivity index (χ3n) is 3.92. The molecule has 0 aliphatic rings. The molecule has 128 valence electrons. The zero-order chi connectivity index (χ0) is 17.9. The highest BCUT2D eigenvalue weighted by atomic mass is 16.6. The van der Waals surface area contributed by atoms with Crippen LogP contribution in [0.1, 0.15) is 5.56 Å². The molecule has 26 heavy (non-hydrogen) atoms. The highest BCUT2D eigenvalue weighted by Gasteiger charge is 2.20. The summed E-state index contributed by atoms with van der Waals surface area (Å²) in [7, 11) is 0. The van der Waals surface area contributed by atoms with Crippen molar-refractivity contribution in [2.24, 2.45) is 0 Å². The Kier molecular flexibility index (Phi) is 3.98. The Balaban J connectivity index is 1.80. The minimum absolute atomic E-state index is 0.132. The Hall–Kier alpha value is -3.81. The normalized spacial score (nSPS) is 10.8. The van der Waals surface area contributed by atoms with Crippen LogP contribution in [0.15, 0.2) is 67.1 Å². The van der Waals surface area contributed by atoms with Crippen molar-refractivity contribution >= 4 is 17.2 Å². The highest BCUT2D eigenvalue weighted by molar-refractivity contribution is 5.70. The van der Waals surface area contributed by atoms with E-state index in [1.807, 2.05) is 48.5 Å². The Labute approximate surface area is 148 Å². The SMILES string of the molecule is O=[N+]([O-])c1cnn2c(NCc3cccnc3)cc(-c3ccccc3)nc12. The Bertz CT molecular complexity index is 1060. The Morgan fingerprint density at radius 3 is 2.69 bits per heavy atom. The molecule has 0 radical (unpaired) electrons. The molecule has 4 rings (SSSR count). The fraction of sp³-hybridized carbons (Fsp3) is 0.0556. The van der Waals surface area contributed by atoms with Gasteiger partial charge in [0.25, 0.3) is 0 Å². The van der Waals surface area contributed by atoms with Crippen LogP contribution < -0.4 is 5.32 Å². The molecule has 1 aromatic carbocycles. The van der Waals surface area contributed by atoms with Gasteiger partial charge in [-0.1, -0.05) is 36.4 Å². The van der Waals surface area contributed by atoms with E-state index in [0.717, 1.165) is 11.1 Å². The van der Waals surface area contributed by atoms with Crippen molar-refractivity contribution in [2.75, 3.05) is 5.32 Å². The topological polar surface area (TPSA) is 98.2 Å². The van der Waals surface area contributed by atoms with Gasteiger partial charge in [0.1, 0.15) is 12.0 Å². The molecule has 0 spiro atoms. The first-order chi connectivity index (χ1) is 12.7. The van der Waals surface area contributed by atoms with Crippen molar-refractivity contribution in [1.29, 1.82) is 0 Å². The van der Waals surface area contributed by atoms with E-state index in [1.54, 1.807) is 12.4 Å². The van der Waals surface area contributed by atoms with Gasteiger partial charge in [-0.05, 0) is 11.6 Å². The second-order valence-electron chi connectivity index (χ2n) is 5.63. The maximum absolute atomic E-state index is 11.3. The average Bonchev–Trinajstić information content (AvgIpc) is 3.12. The van der Waals surface area contributed by atoms with Crippen molar-refractivity contribution in [2.45, 2.75) is 6.54 Å². The van der Waals surface area contributed by atoms with E-state index in [-0.39, 0.29) is 11.3 Å². The van der Waals surface area contributed by atoms with E-state index in [1.165, 1.54) is 10.7 Å². The number of pyridine rings is 1. The summed E-state index contributed by atoms with van der Waals surface area (Å²) in [4.78, 5) is 19.4. The molecule has 0 saturated carbocycles. The maximum atomic E-state index is 11.3. The lowest BCUT2D eigenvalue weighted by Crippen LogP contribution is -2.07. The number of fused-ring (bicyclic) bond motifs is 1. The van der Waals surface area contributed by atoms with Crippen LogP contribution in [0, 0.1) is 10.1 Å². The molecule has 4 aromatic rings. The number of nitrogens with zero attached hydrogens (tertiary/aromatic N) is 5. The number of anilines is 1. The van der Waals surface area contributed by atoms with Crippen LogP contribution in [0.3, 0.4) is 0 Å². The minimum atomic E-state index is -0.477. The third kappa shape index (κ3) is 2.95. The molecule has 0 atom stereocenters. The number of nitro groups is 1. The van der Waals surface area contributed by atoms with Crippen LogP contribution in [0.4, 0.5) is 11.5 Å². The molecule has 8 heteroatoms. The van der Waals surface area contributed by atoms with Crippen molar-refractivity contribution in [3.63, 3.8) is 0 Å². The van der Waals surface area contributed by atoms with Crippen molar-refractivity contribution in [3.8, 4) is 11.3 Å². The predicted octanol–water partition coefficient (Wildman–Crippen LogP) is 3.31. The van der Waals surface area contributed by atoms with E-state index in [4.69, 9.17) is 0 Å². The molecule has 0 saturated heterocycles. The van der Waals surface area contributed by atoms with Gasteiger partial charge in [-0.25, -0.2) is 4.98 Å². The molecule has 0 aliphatic heterocycles. The summed E-state index contributed by atoms with van der Waals surface area (Å²) in [6, 6.07) is 15.1.